The Morgan fingerprint density at radius 3 is 0.700 bits per heavy atom. The van der Waals surface area contributed by atoms with Gasteiger partial charge in [0.1, 0.15) is 13.2 Å². The van der Waals surface area contributed by atoms with E-state index >= 15 is 0 Å². The SMILES string of the molecule is CCCCCCCCCCCCCCCCCCCCCC(=O)OC[C@H](COC(=O)CCCCCCCCCCCCCCCC(C)C)OC(=O)CCCCCCCCCCCCCCCCCCC. The van der Waals surface area contributed by atoms with Gasteiger partial charge in [0.2, 0.25) is 0 Å². The van der Waals surface area contributed by atoms with E-state index in [9.17, 15) is 14.4 Å². The maximum atomic E-state index is 12.9. The van der Waals surface area contributed by atoms with E-state index in [1.54, 1.807) is 0 Å². The van der Waals surface area contributed by atoms with Crippen LogP contribution in [0.3, 0.4) is 0 Å². The second kappa shape index (κ2) is 58.3. The van der Waals surface area contributed by atoms with Crippen molar-refractivity contribution < 1.29 is 28.6 Å². The lowest BCUT2D eigenvalue weighted by atomic mass is 10.0. The number of carbonyl (C=O) groups is 3. The Labute approximate surface area is 438 Å². The number of carbonyl (C=O) groups excluding carboxylic acids is 3. The van der Waals surface area contributed by atoms with E-state index in [1.165, 1.54) is 263 Å². The number of hydrogen-bond donors (Lipinski definition) is 0. The molecule has 0 radical (unpaired) electrons. The summed E-state index contributed by atoms with van der Waals surface area (Å²) in [6.45, 7) is 9.09. The molecule has 0 aromatic rings. The van der Waals surface area contributed by atoms with Gasteiger partial charge in [0.25, 0.3) is 0 Å². The molecule has 0 N–H and O–H groups in total. The number of rotatable bonds is 59. The quantitative estimate of drug-likeness (QED) is 0.0343. The van der Waals surface area contributed by atoms with Crippen molar-refractivity contribution in [3.05, 3.63) is 0 Å². The van der Waals surface area contributed by atoms with Crippen LogP contribution in [0.15, 0.2) is 0 Å². The van der Waals surface area contributed by atoms with Crippen molar-refractivity contribution in [1.29, 1.82) is 0 Å². The first-order chi connectivity index (χ1) is 34.4. The number of unbranched alkanes of at least 4 members (excludes halogenated alkanes) is 46. The molecule has 0 bridgehead atoms. The topological polar surface area (TPSA) is 78.9 Å². The van der Waals surface area contributed by atoms with Gasteiger partial charge in [-0.15, -0.1) is 0 Å². The maximum Gasteiger partial charge on any atom is 0.306 e. The maximum absolute atomic E-state index is 12.9. The van der Waals surface area contributed by atoms with E-state index in [0.717, 1.165) is 63.7 Å². The predicted molar refractivity (Wildman–Crippen MR) is 303 cm³/mol. The minimum Gasteiger partial charge on any atom is -0.462 e. The fourth-order valence-corrected chi connectivity index (χ4v) is 9.99. The Morgan fingerprint density at radius 1 is 0.271 bits per heavy atom. The molecule has 0 aliphatic heterocycles. The molecule has 0 amide bonds. The molecule has 0 saturated carbocycles. The van der Waals surface area contributed by atoms with Crippen LogP contribution < -0.4 is 0 Å². The van der Waals surface area contributed by atoms with Gasteiger partial charge in [-0.2, -0.15) is 0 Å². The standard InChI is InChI=1S/C64H124O6/c1-5-7-9-11-13-15-17-19-21-23-24-26-27-31-35-39-43-47-51-55-62(65)68-58-61(59-69-63(66)56-52-48-44-40-36-33-29-30-34-38-42-46-50-54-60(3)4)70-64(67)57-53-49-45-41-37-32-28-25-22-20-18-16-14-12-10-8-6-2/h60-61H,5-59H2,1-4H3/t61-/m1/s1. The van der Waals surface area contributed by atoms with Gasteiger partial charge in [-0.25, -0.2) is 0 Å². The molecule has 0 unspecified atom stereocenters. The lowest BCUT2D eigenvalue weighted by molar-refractivity contribution is -0.167. The van der Waals surface area contributed by atoms with Crippen molar-refractivity contribution in [3.8, 4) is 0 Å². The molecule has 0 saturated heterocycles. The molecule has 6 heteroatoms. The van der Waals surface area contributed by atoms with Gasteiger partial charge >= 0.3 is 17.9 Å². The van der Waals surface area contributed by atoms with Gasteiger partial charge in [0.15, 0.2) is 6.10 Å². The third-order valence-electron chi connectivity index (χ3n) is 14.8. The molecule has 416 valence electrons. The first-order valence-corrected chi connectivity index (χ1v) is 31.9. The molecule has 0 aliphatic rings. The van der Waals surface area contributed by atoms with Crippen LogP contribution in [0.1, 0.15) is 368 Å². The smallest absolute Gasteiger partial charge is 0.306 e. The average Bonchev–Trinajstić information content (AvgIpc) is 3.35. The molecule has 1 atom stereocenters. The Kier molecular flexibility index (Phi) is 57.0. The Hall–Kier alpha value is -1.59. The first kappa shape index (κ1) is 68.4. The van der Waals surface area contributed by atoms with Gasteiger partial charge in [0, 0.05) is 19.3 Å². The monoisotopic (exact) mass is 989 g/mol. The molecule has 0 fully saturated rings. The van der Waals surface area contributed by atoms with E-state index in [2.05, 4.69) is 27.7 Å². The highest BCUT2D eigenvalue weighted by Crippen LogP contribution is 2.19. The highest BCUT2D eigenvalue weighted by molar-refractivity contribution is 5.71. The normalized spacial score (nSPS) is 12.0. The minimum atomic E-state index is -0.763. The first-order valence-electron chi connectivity index (χ1n) is 31.9. The van der Waals surface area contributed by atoms with Crippen molar-refractivity contribution in [3.63, 3.8) is 0 Å². The van der Waals surface area contributed by atoms with Crippen LogP contribution in [0.2, 0.25) is 0 Å². The van der Waals surface area contributed by atoms with E-state index in [4.69, 9.17) is 14.2 Å². The molecule has 70 heavy (non-hydrogen) atoms. The van der Waals surface area contributed by atoms with E-state index in [0.29, 0.717) is 19.3 Å². The lowest BCUT2D eigenvalue weighted by Crippen LogP contribution is -2.30. The molecule has 0 aromatic carbocycles. The van der Waals surface area contributed by atoms with Crippen LogP contribution in [-0.4, -0.2) is 37.2 Å². The van der Waals surface area contributed by atoms with Crippen molar-refractivity contribution in [2.24, 2.45) is 5.92 Å². The Bertz CT molecular complexity index is 1060. The van der Waals surface area contributed by atoms with Crippen LogP contribution in [0.5, 0.6) is 0 Å². The van der Waals surface area contributed by atoms with Crippen molar-refractivity contribution >= 4 is 17.9 Å². The molecule has 0 heterocycles. The second-order valence-corrected chi connectivity index (χ2v) is 22.5. The predicted octanol–water partition coefficient (Wildman–Crippen LogP) is 21.4. The van der Waals surface area contributed by atoms with Crippen LogP contribution in [-0.2, 0) is 28.6 Å². The fourth-order valence-electron chi connectivity index (χ4n) is 9.99. The summed E-state index contributed by atoms with van der Waals surface area (Å²) in [5.74, 6) is 0.0118. The van der Waals surface area contributed by atoms with E-state index in [1.807, 2.05) is 0 Å². The summed E-state index contributed by atoms with van der Waals surface area (Å²) >= 11 is 0. The van der Waals surface area contributed by atoms with Crippen LogP contribution >= 0.6 is 0 Å². The summed E-state index contributed by atoms with van der Waals surface area (Å²) in [6, 6.07) is 0. The highest BCUT2D eigenvalue weighted by atomic mass is 16.6. The van der Waals surface area contributed by atoms with Crippen LogP contribution in [0, 0.1) is 5.92 Å². The summed E-state index contributed by atoms with van der Waals surface area (Å²) in [6.07, 6.45) is 65.3. The van der Waals surface area contributed by atoms with Crippen molar-refractivity contribution in [2.75, 3.05) is 13.2 Å². The molecular weight excluding hydrogens is 865 g/mol. The van der Waals surface area contributed by atoms with Crippen LogP contribution in [0.25, 0.3) is 0 Å². The number of esters is 3. The molecule has 6 nitrogen and oxygen atoms in total. The molecule has 0 spiro atoms. The summed E-state index contributed by atoms with van der Waals surface area (Å²) in [7, 11) is 0. The summed E-state index contributed by atoms with van der Waals surface area (Å²) in [4.78, 5) is 38.3. The van der Waals surface area contributed by atoms with Gasteiger partial charge in [-0.1, -0.05) is 329 Å². The van der Waals surface area contributed by atoms with Gasteiger partial charge in [-0.05, 0) is 25.2 Å². The number of ether oxygens (including phenoxy) is 3. The second-order valence-electron chi connectivity index (χ2n) is 22.5. The fraction of sp³-hybridized carbons (Fsp3) is 0.953. The Balaban J connectivity index is 4.28. The molecule has 0 rings (SSSR count). The Morgan fingerprint density at radius 2 is 0.471 bits per heavy atom. The third kappa shape index (κ3) is 57.3. The summed E-state index contributed by atoms with van der Waals surface area (Å²) < 4.78 is 17.0. The lowest BCUT2D eigenvalue weighted by Gasteiger charge is -2.18. The largest absolute Gasteiger partial charge is 0.462 e. The van der Waals surface area contributed by atoms with Crippen molar-refractivity contribution in [1.82, 2.24) is 0 Å². The highest BCUT2D eigenvalue weighted by Gasteiger charge is 2.19. The van der Waals surface area contributed by atoms with E-state index < -0.39 is 6.10 Å². The zero-order chi connectivity index (χ0) is 50.9. The van der Waals surface area contributed by atoms with Gasteiger partial charge < -0.3 is 14.2 Å². The summed E-state index contributed by atoms with van der Waals surface area (Å²) in [5, 5.41) is 0. The minimum absolute atomic E-state index is 0.0612. The molecule has 0 aliphatic carbocycles. The van der Waals surface area contributed by atoms with Crippen LogP contribution in [0.4, 0.5) is 0 Å². The zero-order valence-electron chi connectivity index (χ0n) is 48.0. The van der Waals surface area contributed by atoms with E-state index in [-0.39, 0.29) is 31.1 Å². The van der Waals surface area contributed by atoms with Gasteiger partial charge in [0.05, 0.1) is 0 Å². The molecule has 0 aromatic heterocycles. The molecular formula is C64H124O6. The number of hydrogen-bond acceptors (Lipinski definition) is 6. The van der Waals surface area contributed by atoms with Crippen molar-refractivity contribution in [2.45, 2.75) is 374 Å². The average molecular weight is 990 g/mol. The third-order valence-corrected chi connectivity index (χ3v) is 14.8. The van der Waals surface area contributed by atoms with Gasteiger partial charge in [-0.3, -0.25) is 14.4 Å². The summed E-state index contributed by atoms with van der Waals surface area (Å²) in [5.41, 5.74) is 0. The zero-order valence-corrected chi connectivity index (χ0v) is 48.0.